The zero-order chi connectivity index (χ0) is 10.0. The van der Waals surface area contributed by atoms with Crippen molar-refractivity contribution in [3.05, 3.63) is 34.9 Å². The third kappa shape index (κ3) is 2.22. The van der Waals surface area contributed by atoms with Crippen molar-refractivity contribution < 1.29 is 4.79 Å². The molecular formula is C10H12ClNO. The van der Waals surface area contributed by atoms with E-state index in [1.54, 1.807) is 0 Å². The highest BCUT2D eigenvalue weighted by Gasteiger charge is 2.15. The zero-order valence-corrected chi connectivity index (χ0v) is 8.43. The molecule has 0 bridgehead atoms. The van der Waals surface area contributed by atoms with E-state index in [-0.39, 0.29) is 0 Å². The molecule has 2 N–H and O–H groups in total. The fourth-order valence-electron chi connectivity index (χ4n) is 1.19. The van der Waals surface area contributed by atoms with Gasteiger partial charge in [-0.05, 0) is 25.0 Å². The molecule has 2 nitrogen and oxygen atoms in total. The SMILES string of the molecule is Cc1ccc(C)c(C(Cl)C(N)=O)c1. The molecule has 0 aromatic heterocycles. The van der Waals surface area contributed by atoms with Crippen molar-refractivity contribution in [2.45, 2.75) is 19.2 Å². The number of rotatable bonds is 2. The third-order valence-corrected chi connectivity index (χ3v) is 2.41. The van der Waals surface area contributed by atoms with E-state index in [2.05, 4.69) is 0 Å². The Hall–Kier alpha value is -1.02. The van der Waals surface area contributed by atoms with Gasteiger partial charge in [-0.2, -0.15) is 0 Å². The Bertz CT molecular complexity index is 336. The number of halogens is 1. The maximum atomic E-state index is 10.9. The van der Waals surface area contributed by atoms with Gasteiger partial charge in [-0.3, -0.25) is 4.79 Å². The van der Waals surface area contributed by atoms with E-state index < -0.39 is 11.3 Å². The lowest BCUT2D eigenvalue weighted by Gasteiger charge is -2.09. The minimum Gasteiger partial charge on any atom is -0.368 e. The van der Waals surface area contributed by atoms with Crippen molar-refractivity contribution in [3.63, 3.8) is 0 Å². The Morgan fingerprint density at radius 1 is 1.46 bits per heavy atom. The van der Waals surface area contributed by atoms with Crippen molar-refractivity contribution in [2.24, 2.45) is 5.73 Å². The summed E-state index contributed by atoms with van der Waals surface area (Å²) in [5.41, 5.74) is 7.98. The van der Waals surface area contributed by atoms with Gasteiger partial charge in [0.1, 0.15) is 5.38 Å². The van der Waals surface area contributed by atoms with Gasteiger partial charge in [-0.15, -0.1) is 11.6 Å². The maximum Gasteiger partial charge on any atom is 0.240 e. The number of carbonyl (C=O) groups is 1. The van der Waals surface area contributed by atoms with Crippen LogP contribution in [0.25, 0.3) is 0 Å². The van der Waals surface area contributed by atoms with Crippen LogP contribution in [-0.2, 0) is 4.79 Å². The van der Waals surface area contributed by atoms with Crippen molar-refractivity contribution in [1.82, 2.24) is 0 Å². The zero-order valence-electron chi connectivity index (χ0n) is 7.67. The predicted molar refractivity (Wildman–Crippen MR) is 53.7 cm³/mol. The van der Waals surface area contributed by atoms with Gasteiger partial charge in [0.25, 0.3) is 0 Å². The number of carbonyl (C=O) groups excluding carboxylic acids is 1. The van der Waals surface area contributed by atoms with E-state index >= 15 is 0 Å². The van der Waals surface area contributed by atoms with Gasteiger partial charge >= 0.3 is 0 Å². The summed E-state index contributed by atoms with van der Waals surface area (Å²) in [4.78, 5) is 10.9. The van der Waals surface area contributed by atoms with Gasteiger partial charge in [0, 0.05) is 0 Å². The lowest BCUT2D eigenvalue weighted by Crippen LogP contribution is -2.17. The molecule has 70 valence electrons. The van der Waals surface area contributed by atoms with Crippen LogP contribution in [0.3, 0.4) is 0 Å². The van der Waals surface area contributed by atoms with Gasteiger partial charge < -0.3 is 5.73 Å². The second-order valence-corrected chi connectivity index (χ2v) is 3.56. The van der Waals surface area contributed by atoms with Gasteiger partial charge in [-0.1, -0.05) is 23.8 Å². The van der Waals surface area contributed by atoms with Crippen LogP contribution < -0.4 is 5.73 Å². The number of hydrogen-bond donors (Lipinski definition) is 1. The molecular weight excluding hydrogens is 186 g/mol. The van der Waals surface area contributed by atoms with E-state index in [9.17, 15) is 4.79 Å². The van der Waals surface area contributed by atoms with Crippen molar-refractivity contribution in [2.75, 3.05) is 0 Å². The third-order valence-electron chi connectivity index (χ3n) is 1.96. The highest BCUT2D eigenvalue weighted by molar-refractivity contribution is 6.30. The molecule has 1 rings (SSSR count). The summed E-state index contributed by atoms with van der Waals surface area (Å²) in [6, 6.07) is 5.80. The lowest BCUT2D eigenvalue weighted by atomic mass is 10.0. The second kappa shape index (κ2) is 3.79. The molecule has 1 unspecified atom stereocenters. The Kier molecular flexibility index (Phi) is 2.94. The molecule has 1 aromatic carbocycles. The first kappa shape index (κ1) is 10.1. The first-order valence-electron chi connectivity index (χ1n) is 4.03. The van der Waals surface area contributed by atoms with E-state index in [0.29, 0.717) is 0 Å². The number of benzene rings is 1. The molecule has 0 aliphatic heterocycles. The molecule has 0 radical (unpaired) electrons. The molecule has 13 heavy (non-hydrogen) atoms. The minimum absolute atomic E-state index is 0.504. The molecule has 1 amide bonds. The molecule has 1 aromatic rings. The second-order valence-electron chi connectivity index (χ2n) is 3.12. The summed E-state index contributed by atoms with van der Waals surface area (Å²) in [5.74, 6) is -0.504. The number of nitrogens with two attached hydrogens (primary N) is 1. The van der Waals surface area contributed by atoms with Crippen molar-refractivity contribution >= 4 is 17.5 Å². The summed E-state index contributed by atoms with van der Waals surface area (Å²) < 4.78 is 0. The van der Waals surface area contributed by atoms with Crippen LogP contribution in [0, 0.1) is 13.8 Å². The highest BCUT2D eigenvalue weighted by Crippen LogP contribution is 2.24. The normalized spacial score (nSPS) is 12.5. The molecule has 0 saturated carbocycles. The standard InChI is InChI=1S/C10H12ClNO/c1-6-3-4-7(2)8(5-6)9(11)10(12)13/h3-5,9H,1-2H3,(H2,12,13). The summed E-state index contributed by atoms with van der Waals surface area (Å²) in [5, 5.41) is -0.722. The maximum absolute atomic E-state index is 10.9. The molecule has 0 spiro atoms. The number of hydrogen-bond acceptors (Lipinski definition) is 1. The van der Waals surface area contributed by atoms with Crippen LogP contribution in [-0.4, -0.2) is 5.91 Å². The molecule has 0 saturated heterocycles. The van der Waals surface area contributed by atoms with Gasteiger partial charge in [0.2, 0.25) is 5.91 Å². The van der Waals surface area contributed by atoms with E-state index in [1.807, 2.05) is 32.0 Å². The monoisotopic (exact) mass is 197 g/mol. The topological polar surface area (TPSA) is 43.1 Å². The van der Waals surface area contributed by atoms with Crippen LogP contribution in [0.2, 0.25) is 0 Å². The molecule has 3 heteroatoms. The minimum atomic E-state index is -0.722. The smallest absolute Gasteiger partial charge is 0.240 e. The fourth-order valence-corrected chi connectivity index (χ4v) is 1.42. The first-order chi connectivity index (χ1) is 6.02. The largest absolute Gasteiger partial charge is 0.368 e. The van der Waals surface area contributed by atoms with Crippen LogP contribution in [0.5, 0.6) is 0 Å². The number of amides is 1. The Balaban J connectivity index is 3.12. The van der Waals surface area contributed by atoms with E-state index in [0.717, 1.165) is 16.7 Å². The fraction of sp³-hybridized carbons (Fsp3) is 0.300. The van der Waals surface area contributed by atoms with Crippen molar-refractivity contribution in [1.29, 1.82) is 0 Å². The Morgan fingerprint density at radius 3 is 2.62 bits per heavy atom. The summed E-state index contributed by atoms with van der Waals surface area (Å²) >= 11 is 5.84. The van der Waals surface area contributed by atoms with Crippen molar-refractivity contribution in [3.8, 4) is 0 Å². The molecule has 0 fully saturated rings. The number of alkyl halides is 1. The molecule has 0 aliphatic rings. The van der Waals surface area contributed by atoms with Gasteiger partial charge in [0.05, 0.1) is 0 Å². The summed E-state index contributed by atoms with van der Waals surface area (Å²) in [6.45, 7) is 3.86. The number of primary amides is 1. The summed E-state index contributed by atoms with van der Waals surface area (Å²) in [6.07, 6.45) is 0. The predicted octanol–water partition coefficient (Wildman–Crippen LogP) is 2.07. The van der Waals surface area contributed by atoms with Crippen LogP contribution in [0.1, 0.15) is 22.1 Å². The summed E-state index contributed by atoms with van der Waals surface area (Å²) in [7, 11) is 0. The van der Waals surface area contributed by atoms with E-state index in [4.69, 9.17) is 17.3 Å². The Labute approximate surface area is 82.7 Å². The highest BCUT2D eigenvalue weighted by atomic mass is 35.5. The number of aryl methyl sites for hydroxylation is 2. The van der Waals surface area contributed by atoms with E-state index in [1.165, 1.54) is 0 Å². The average Bonchev–Trinajstić information content (AvgIpc) is 2.08. The molecule has 0 heterocycles. The quantitative estimate of drug-likeness (QED) is 0.725. The van der Waals surface area contributed by atoms with Gasteiger partial charge in [-0.25, -0.2) is 0 Å². The Morgan fingerprint density at radius 2 is 2.08 bits per heavy atom. The van der Waals surface area contributed by atoms with Crippen LogP contribution >= 0.6 is 11.6 Å². The molecule has 1 atom stereocenters. The molecule has 0 aliphatic carbocycles. The average molecular weight is 198 g/mol. The van der Waals surface area contributed by atoms with Crippen LogP contribution in [0.15, 0.2) is 18.2 Å². The first-order valence-corrected chi connectivity index (χ1v) is 4.46. The van der Waals surface area contributed by atoms with Gasteiger partial charge in [0.15, 0.2) is 0 Å². The lowest BCUT2D eigenvalue weighted by molar-refractivity contribution is -0.117. The van der Waals surface area contributed by atoms with Crippen LogP contribution in [0.4, 0.5) is 0 Å².